The molecule has 0 aliphatic heterocycles. The zero-order valence-corrected chi connectivity index (χ0v) is 14.0. The number of para-hydroxylation sites is 1. The number of nitrogens with one attached hydrogen (secondary N) is 1. The predicted octanol–water partition coefficient (Wildman–Crippen LogP) is 3.50. The highest BCUT2D eigenvalue weighted by Crippen LogP contribution is 2.27. The van der Waals surface area contributed by atoms with Gasteiger partial charge in [0.1, 0.15) is 0 Å². The van der Waals surface area contributed by atoms with Gasteiger partial charge in [0.05, 0.1) is 10.6 Å². The first-order valence-corrected chi connectivity index (χ1v) is 9.22. The normalized spacial score (nSPS) is 11.3. The predicted molar refractivity (Wildman–Crippen MR) is 93.9 cm³/mol. The molecule has 3 N–H and O–H groups in total. The zero-order valence-electron chi connectivity index (χ0n) is 12.4. The van der Waals surface area contributed by atoms with E-state index in [2.05, 4.69) is 9.71 Å². The van der Waals surface area contributed by atoms with Gasteiger partial charge in [-0.15, -0.1) is 11.3 Å². The molecule has 0 saturated heterocycles. The number of nitrogens with zero attached hydrogens (tertiary/aromatic N) is 1. The van der Waals surface area contributed by atoms with Crippen molar-refractivity contribution in [2.24, 2.45) is 0 Å². The van der Waals surface area contributed by atoms with Crippen LogP contribution in [0.2, 0.25) is 0 Å². The zero-order chi connectivity index (χ0) is 16.4. The summed E-state index contributed by atoms with van der Waals surface area (Å²) in [6.45, 7) is 1.81. The van der Waals surface area contributed by atoms with Gasteiger partial charge < -0.3 is 5.73 Å². The van der Waals surface area contributed by atoms with Crippen molar-refractivity contribution < 1.29 is 8.42 Å². The van der Waals surface area contributed by atoms with Gasteiger partial charge in [-0.25, -0.2) is 13.4 Å². The van der Waals surface area contributed by atoms with Crippen LogP contribution >= 0.6 is 11.3 Å². The number of thiazole rings is 1. The summed E-state index contributed by atoms with van der Waals surface area (Å²) in [5.41, 5.74) is 9.12. The summed E-state index contributed by atoms with van der Waals surface area (Å²) in [5.74, 6) is 0. The van der Waals surface area contributed by atoms with Gasteiger partial charge in [-0.2, -0.15) is 0 Å². The van der Waals surface area contributed by atoms with Crippen LogP contribution in [0.3, 0.4) is 0 Å². The molecular formula is C16H15N3O2S2. The monoisotopic (exact) mass is 345 g/mol. The lowest BCUT2D eigenvalue weighted by Gasteiger charge is -2.08. The third-order valence-corrected chi connectivity index (χ3v) is 5.64. The molecule has 3 rings (SSSR count). The van der Waals surface area contributed by atoms with Gasteiger partial charge in [0, 0.05) is 16.6 Å². The fourth-order valence-corrected chi connectivity index (χ4v) is 4.09. The first-order valence-electron chi connectivity index (χ1n) is 6.85. The molecule has 118 valence electrons. The van der Waals surface area contributed by atoms with Gasteiger partial charge in [-0.3, -0.25) is 4.72 Å². The molecule has 1 aromatic heterocycles. The maximum Gasteiger partial charge on any atom is 0.263 e. The smallest absolute Gasteiger partial charge is 0.263 e. The van der Waals surface area contributed by atoms with Gasteiger partial charge in [-0.1, -0.05) is 30.3 Å². The summed E-state index contributed by atoms with van der Waals surface area (Å²) >= 11 is 1.26. The van der Waals surface area contributed by atoms with Crippen molar-refractivity contribution >= 4 is 32.2 Å². The van der Waals surface area contributed by atoms with Crippen LogP contribution in [-0.4, -0.2) is 13.4 Å². The Morgan fingerprint density at radius 2 is 1.78 bits per heavy atom. The van der Waals surface area contributed by atoms with E-state index in [-0.39, 0.29) is 4.90 Å². The molecule has 0 radical (unpaired) electrons. The Morgan fingerprint density at radius 3 is 2.39 bits per heavy atom. The molecule has 5 nitrogen and oxygen atoms in total. The number of hydrogen-bond donors (Lipinski definition) is 2. The Hall–Kier alpha value is -2.38. The second-order valence-corrected chi connectivity index (χ2v) is 7.55. The second-order valence-electron chi connectivity index (χ2n) is 5.01. The maximum atomic E-state index is 12.4. The molecule has 7 heteroatoms. The topological polar surface area (TPSA) is 85.1 Å². The highest BCUT2D eigenvalue weighted by atomic mass is 32.2. The van der Waals surface area contributed by atoms with Crippen LogP contribution in [0.15, 0.2) is 58.8 Å². The van der Waals surface area contributed by atoms with Gasteiger partial charge in [-0.05, 0) is 30.7 Å². The SMILES string of the molecule is Cc1csc(NS(=O)(=O)c2ccc(-c3ccccc3N)cc2)n1. The van der Waals surface area contributed by atoms with Crippen molar-refractivity contribution in [3.05, 3.63) is 59.6 Å². The first kappa shape index (κ1) is 15.5. The number of rotatable bonds is 4. The summed E-state index contributed by atoms with van der Waals surface area (Å²) in [6, 6.07) is 14.1. The number of nitrogens with two attached hydrogens (primary N) is 1. The number of anilines is 2. The Labute approximate surface area is 138 Å². The molecule has 0 unspecified atom stereocenters. The van der Waals surface area contributed by atoms with Crippen molar-refractivity contribution in [3.8, 4) is 11.1 Å². The van der Waals surface area contributed by atoms with E-state index in [9.17, 15) is 8.42 Å². The van der Waals surface area contributed by atoms with Gasteiger partial charge >= 0.3 is 0 Å². The molecule has 0 bridgehead atoms. The number of sulfonamides is 1. The molecule has 1 heterocycles. The van der Waals surface area contributed by atoms with E-state index >= 15 is 0 Å². The number of aromatic nitrogens is 1. The van der Waals surface area contributed by atoms with Crippen LogP contribution in [0, 0.1) is 6.92 Å². The van der Waals surface area contributed by atoms with Gasteiger partial charge in [0.25, 0.3) is 10.0 Å². The molecule has 0 aliphatic carbocycles. The van der Waals surface area contributed by atoms with E-state index in [0.717, 1.165) is 16.8 Å². The van der Waals surface area contributed by atoms with Crippen LogP contribution in [0.25, 0.3) is 11.1 Å². The molecule has 0 amide bonds. The van der Waals surface area contributed by atoms with Crippen molar-refractivity contribution in [2.75, 3.05) is 10.5 Å². The number of aryl methyl sites for hydroxylation is 1. The molecule has 2 aromatic carbocycles. The Balaban J connectivity index is 1.88. The first-order chi connectivity index (χ1) is 11.0. The highest BCUT2D eigenvalue weighted by Gasteiger charge is 2.16. The quantitative estimate of drug-likeness (QED) is 0.709. The number of benzene rings is 2. The third kappa shape index (κ3) is 3.35. The van der Waals surface area contributed by atoms with Gasteiger partial charge in [0.2, 0.25) is 0 Å². The lowest BCUT2D eigenvalue weighted by atomic mass is 10.0. The number of nitrogen functional groups attached to an aromatic ring is 1. The molecule has 0 aliphatic rings. The summed E-state index contributed by atoms with van der Waals surface area (Å²) in [6.07, 6.45) is 0. The molecule has 0 spiro atoms. The van der Waals surface area contributed by atoms with E-state index in [1.165, 1.54) is 11.3 Å². The standard InChI is InChI=1S/C16H15N3O2S2/c1-11-10-22-16(18-11)19-23(20,21)13-8-6-12(7-9-13)14-4-2-3-5-15(14)17/h2-10H,17H2,1H3,(H,18,19). The Kier molecular flexibility index (Phi) is 4.06. The fourth-order valence-electron chi connectivity index (χ4n) is 2.15. The largest absolute Gasteiger partial charge is 0.398 e. The Morgan fingerprint density at radius 1 is 1.09 bits per heavy atom. The second kappa shape index (κ2) is 6.02. The average molecular weight is 345 g/mol. The summed E-state index contributed by atoms with van der Waals surface area (Å²) < 4.78 is 27.2. The fraction of sp³-hybridized carbons (Fsp3) is 0.0625. The third-order valence-electron chi connectivity index (χ3n) is 3.28. The summed E-state index contributed by atoms with van der Waals surface area (Å²) in [7, 11) is -3.64. The van der Waals surface area contributed by atoms with Crippen LogP contribution in [-0.2, 0) is 10.0 Å². The summed E-state index contributed by atoms with van der Waals surface area (Å²) in [4.78, 5) is 4.29. The van der Waals surface area contributed by atoms with E-state index in [1.807, 2.05) is 31.2 Å². The van der Waals surface area contributed by atoms with Crippen molar-refractivity contribution in [1.29, 1.82) is 0 Å². The molecule has 0 saturated carbocycles. The van der Waals surface area contributed by atoms with Crippen LogP contribution in [0.5, 0.6) is 0 Å². The van der Waals surface area contributed by atoms with Gasteiger partial charge in [0.15, 0.2) is 5.13 Å². The van der Waals surface area contributed by atoms with Crippen molar-refractivity contribution in [3.63, 3.8) is 0 Å². The van der Waals surface area contributed by atoms with Crippen molar-refractivity contribution in [1.82, 2.24) is 4.98 Å². The lowest BCUT2D eigenvalue weighted by Crippen LogP contribution is -2.12. The molecule has 23 heavy (non-hydrogen) atoms. The van der Waals surface area contributed by atoms with E-state index in [1.54, 1.807) is 29.6 Å². The van der Waals surface area contributed by atoms with Crippen LogP contribution < -0.4 is 10.5 Å². The van der Waals surface area contributed by atoms with Crippen molar-refractivity contribution in [2.45, 2.75) is 11.8 Å². The number of hydrogen-bond acceptors (Lipinski definition) is 5. The molecular weight excluding hydrogens is 330 g/mol. The highest BCUT2D eigenvalue weighted by molar-refractivity contribution is 7.93. The van der Waals surface area contributed by atoms with Crippen LogP contribution in [0.1, 0.15) is 5.69 Å². The van der Waals surface area contributed by atoms with E-state index in [0.29, 0.717) is 10.8 Å². The minimum atomic E-state index is -3.64. The Bertz CT molecular complexity index is 932. The summed E-state index contributed by atoms with van der Waals surface area (Å²) in [5, 5.41) is 2.15. The van der Waals surface area contributed by atoms with E-state index in [4.69, 9.17) is 5.73 Å². The molecule has 3 aromatic rings. The van der Waals surface area contributed by atoms with Crippen LogP contribution in [0.4, 0.5) is 10.8 Å². The lowest BCUT2D eigenvalue weighted by molar-refractivity contribution is 0.601. The average Bonchev–Trinajstić information content (AvgIpc) is 2.92. The minimum absolute atomic E-state index is 0.184. The molecule has 0 fully saturated rings. The van der Waals surface area contributed by atoms with E-state index < -0.39 is 10.0 Å². The molecule has 0 atom stereocenters. The maximum absolute atomic E-state index is 12.4. The minimum Gasteiger partial charge on any atom is -0.398 e.